The van der Waals surface area contributed by atoms with E-state index < -0.39 is 0 Å². The van der Waals surface area contributed by atoms with E-state index in [1.807, 2.05) is 19.1 Å². The molecule has 0 spiro atoms. The van der Waals surface area contributed by atoms with Gasteiger partial charge in [-0.2, -0.15) is 0 Å². The van der Waals surface area contributed by atoms with Gasteiger partial charge in [-0.1, -0.05) is 18.9 Å². The Balaban J connectivity index is 2.76. The highest BCUT2D eigenvalue weighted by molar-refractivity contribution is 5.77. The first-order valence-electron chi connectivity index (χ1n) is 6.86. The molecule has 0 aliphatic heterocycles. The number of amides is 1. The second-order valence-electron chi connectivity index (χ2n) is 4.62. The van der Waals surface area contributed by atoms with E-state index in [1.165, 1.54) is 0 Å². The summed E-state index contributed by atoms with van der Waals surface area (Å²) in [5, 5.41) is 2.55. The lowest BCUT2D eigenvalue weighted by Gasteiger charge is -2.15. The summed E-state index contributed by atoms with van der Waals surface area (Å²) in [5.41, 5.74) is 6.93. The van der Waals surface area contributed by atoms with E-state index >= 15 is 0 Å². The Morgan fingerprint density at radius 3 is 2.90 bits per heavy atom. The molecule has 1 atom stereocenters. The molecule has 21 heavy (non-hydrogen) atoms. The Bertz CT molecular complexity index is 509. The van der Waals surface area contributed by atoms with Crippen molar-refractivity contribution in [3.05, 3.63) is 23.8 Å². The third-order valence-corrected chi connectivity index (χ3v) is 3.03. The van der Waals surface area contributed by atoms with Gasteiger partial charge in [0.15, 0.2) is 6.61 Å². The molecule has 0 aromatic heterocycles. The second kappa shape index (κ2) is 8.88. The zero-order valence-electron chi connectivity index (χ0n) is 12.5. The van der Waals surface area contributed by atoms with Crippen molar-refractivity contribution in [2.75, 3.05) is 20.3 Å². The van der Waals surface area contributed by atoms with Gasteiger partial charge in [-0.25, -0.2) is 0 Å². The van der Waals surface area contributed by atoms with Crippen molar-refractivity contribution in [1.82, 2.24) is 5.32 Å². The third kappa shape index (κ3) is 5.76. The predicted octanol–water partition coefficient (Wildman–Crippen LogP) is 1.10. The fraction of sp³-hybridized carbons (Fsp3) is 0.438. The van der Waals surface area contributed by atoms with Gasteiger partial charge < -0.3 is 20.5 Å². The molecular weight excluding hydrogens is 268 g/mol. The van der Waals surface area contributed by atoms with Crippen molar-refractivity contribution < 1.29 is 14.3 Å². The molecule has 0 fully saturated rings. The van der Waals surface area contributed by atoms with Gasteiger partial charge in [0.1, 0.15) is 11.5 Å². The Kier molecular flexibility index (Phi) is 7.13. The summed E-state index contributed by atoms with van der Waals surface area (Å²) in [6.45, 7) is 2.12. The van der Waals surface area contributed by atoms with Gasteiger partial charge in [0, 0.05) is 12.1 Å². The molecule has 0 heterocycles. The summed E-state index contributed by atoms with van der Waals surface area (Å²) in [6.07, 6.45) is 6.63. The summed E-state index contributed by atoms with van der Waals surface area (Å²) >= 11 is 0. The van der Waals surface area contributed by atoms with Crippen molar-refractivity contribution in [2.45, 2.75) is 25.8 Å². The number of terminal acetylenes is 1. The Hall–Kier alpha value is -2.19. The van der Waals surface area contributed by atoms with Crippen LogP contribution in [0, 0.1) is 12.3 Å². The summed E-state index contributed by atoms with van der Waals surface area (Å²) in [4.78, 5) is 11.5. The van der Waals surface area contributed by atoms with E-state index in [1.54, 1.807) is 13.2 Å². The van der Waals surface area contributed by atoms with Crippen LogP contribution in [-0.4, -0.2) is 32.2 Å². The summed E-state index contributed by atoms with van der Waals surface area (Å²) in [5.74, 6) is 3.35. The van der Waals surface area contributed by atoms with E-state index in [9.17, 15) is 4.79 Å². The molecular formula is C16H22N2O3. The number of rotatable bonds is 8. The van der Waals surface area contributed by atoms with Crippen molar-refractivity contribution in [2.24, 2.45) is 5.73 Å². The lowest BCUT2D eigenvalue weighted by atomic mass is 10.0. The molecule has 1 unspecified atom stereocenters. The van der Waals surface area contributed by atoms with E-state index in [2.05, 4.69) is 11.2 Å². The molecule has 0 aliphatic carbocycles. The number of ether oxygens (including phenoxy) is 2. The lowest BCUT2D eigenvalue weighted by molar-refractivity contribution is -0.122. The van der Waals surface area contributed by atoms with Crippen LogP contribution >= 0.6 is 0 Å². The van der Waals surface area contributed by atoms with Gasteiger partial charge in [0.25, 0.3) is 5.91 Å². The Morgan fingerprint density at radius 2 is 2.29 bits per heavy atom. The molecule has 0 aliphatic rings. The van der Waals surface area contributed by atoms with Gasteiger partial charge in [-0.05, 0) is 24.5 Å². The molecule has 1 rings (SSSR count). The van der Waals surface area contributed by atoms with Crippen LogP contribution in [0.1, 0.15) is 18.9 Å². The fourth-order valence-electron chi connectivity index (χ4n) is 1.74. The van der Waals surface area contributed by atoms with Crippen molar-refractivity contribution in [3.8, 4) is 23.8 Å². The minimum atomic E-state index is -0.262. The number of hydrogen-bond acceptors (Lipinski definition) is 4. The molecule has 0 radical (unpaired) electrons. The number of methoxy groups -OCH3 is 1. The first-order valence-corrected chi connectivity index (χ1v) is 6.86. The molecule has 114 valence electrons. The molecule has 1 aromatic rings. The highest BCUT2D eigenvalue weighted by Gasteiger charge is 2.11. The molecule has 1 amide bonds. The highest BCUT2D eigenvalue weighted by atomic mass is 16.5. The standard InChI is InChI=1S/C16H22N2O3/c1-4-8-18-16(19)11-21-15-10-14(20-3)7-6-12(15)9-13(17)5-2/h1,6-7,10,13H,5,8-9,11,17H2,2-3H3,(H,18,19). The van der Waals surface area contributed by atoms with Gasteiger partial charge in [-0.15, -0.1) is 6.42 Å². The highest BCUT2D eigenvalue weighted by Crippen LogP contribution is 2.26. The van der Waals surface area contributed by atoms with Crippen molar-refractivity contribution in [1.29, 1.82) is 0 Å². The average molecular weight is 290 g/mol. The smallest absolute Gasteiger partial charge is 0.258 e. The Morgan fingerprint density at radius 1 is 1.52 bits per heavy atom. The molecule has 1 aromatic carbocycles. The maximum Gasteiger partial charge on any atom is 0.258 e. The number of carbonyl (C=O) groups is 1. The van der Waals surface area contributed by atoms with Crippen LogP contribution in [0.4, 0.5) is 0 Å². The van der Waals surface area contributed by atoms with Gasteiger partial charge >= 0.3 is 0 Å². The van der Waals surface area contributed by atoms with Crippen LogP contribution in [0.2, 0.25) is 0 Å². The summed E-state index contributed by atoms with van der Waals surface area (Å²) in [6, 6.07) is 5.56. The van der Waals surface area contributed by atoms with Gasteiger partial charge in [-0.3, -0.25) is 4.79 Å². The number of nitrogens with two attached hydrogens (primary N) is 1. The number of carbonyl (C=O) groups excluding carboxylic acids is 1. The summed E-state index contributed by atoms with van der Waals surface area (Å²) in [7, 11) is 1.58. The van der Waals surface area contributed by atoms with Crippen LogP contribution in [0.25, 0.3) is 0 Å². The minimum absolute atomic E-state index is 0.0519. The number of nitrogens with one attached hydrogen (secondary N) is 1. The van der Waals surface area contributed by atoms with Crippen LogP contribution in [0.5, 0.6) is 11.5 Å². The SMILES string of the molecule is C#CCNC(=O)COc1cc(OC)ccc1CC(N)CC. The zero-order chi connectivity index (χ0) is 15.7. The average Bonchev–Trinajstić information content (AvgIpc) is 2.51. The molecule has 3 N–H and O–H groups in total. The summed E-state index contributed by atoms with van der Waals surface area (Å²) < 4.78 is 10.7. The fourth-order valence-corrected chi connectivity index (χ4v) is 1.74. The predicted molar refractivity (Wildman–Crippen MR) is 82.3 cm³/mol. The molecule has 0 bridgehead atoms. The van der Waals surface area contributed by atoms with Gasteiger partial charge in [0.2, 0.25) is 0 Å². The van der Waals surface area contributed by atoms with Crippen molar-refractivity contribution >= 4 is 5.91 Å². The molecule has 0 saturated carbocycles. The first-order chi connectivity index (χ1) is 10.1. The zero-order valence-corrected chi connectivity index (χ0v) is 12.5. The van der Waals surface area contributed by atoms with E-state index in [0.29, 0.717) is 17.9 Å². The van der Waals surface area contributed by atoms with Gasteiger partial charge in [0.05, 0.1) is 13.7 Å². The van der Waals surface area contributed by atoms with E-state index in [-0.39, 0.29) is 25.1 Å². The lowest BCUT2D eigenvalue weighted by Crippen LogP contribution is -2.29. The van der Waals surface area contributed by atoms with Crippen LogP contribution in [0.15, 0.2) is 18.2 Å². The molecule has 5 nitrogen and oxygen atoms in total. The van der Waals surface area contributed by atoms with E-state index in [0.717, 1.165) is 12.0 Å². The molecule has 5 heteroatoms. The maximum atomic E-state index is 11.5. The number of benzene rings is 1. The third-order valence-electron chi connectivity index (χ3n) is 3.03. The normalized spacial score (nSPS) is 11.3. The van der Waals surface area contributed by atoms with Crippen LogP contribution in [-0.2, 0) is 11.2 Å². The largest absolute Gasteiger partial charge is 0.497 e. The topological polar surface area (TPSA) is 73.6 Å². The van der Waals surface area contributed by atoms with E-state index in [4.69, 9.17) is 21.6 Å². The van der Waals surface area contributed by atoms with Crippen LogP contribution < -0.4 is 20.5 Å². The maximum absolute atomic E-state index is 11.5. The van der Waals surface area contributed by atoms with Crippen LogP contribution in [0.3, 0.4) is 0 Å². The first kappa shape index (κ1) is 16.9. The number of hydrogen-bond donors (Lipinski definition) is 2. The minimum Gasteiger partial charge on any atom is -0.497 e. The second-order valence-corrected chi connectivity index (χ2v) is 4.62. The Labute approximate surface area is 125 Å². The monoisotopic (exact) mass is 290 g/mol. The van der Waals surface area contributed by atoms with Crippen molar-refractivity contribution in [3.63, 3.8) is 0 Å². The quantitative estimate of drug-likeness (QED) is 0.703. The molecule has 0 saturated heterocycles.